The van der Waals surface area contributed by atoms with Crippen molar-refractivity contribution >= 4 is 29.6 Å². The van der Waals surface area contributed by atoms with Gasteiger partial charge in [0.05, 0.1) is 25.9 Å². The maximum absolute atomic E-state index is 12.6. The van der Waals surface area contributed by atoms with E-state index in [0.717, 1.165) is 17.7 Å². The van der Waals surface area contributed by atoms with Crippen LogP contribution in [0.25, 0.3) is 0 Å². The molecule has 0 spiro atoms. The molecule has 0 heterocycles. The summed E-state index contributed by atoms with van der Waals surface area (Å²) in [5.74, 6) is -2.37. The van der Waals surface area contributed by atoms with Gasteiger partial charge in [0, 0.05) is 19.7 Å². The molecule has 0 bridgehead atoms. The Morgan fingerprint density at radius 3 is 2.30 bits per heavy atom. The van der Waals surface area contributed by atoms with Crippen molar-refractivity contribution in [3.63, 3.8) is 0 Å². The summed E-state index contributed by atoms with van der Waals surface area (Å²) in [5.41, 5.74) is 5.05. The monoisotopic (exact) mass is 467 g/mol. The largest absolute Gasteiger partial charge is 0.466 e. The van der Waals surface area contributed by atoms with E-state index < -0.39 is 29.7 Å². The summed E-state index contributed by atoms with van der Waals surface area (Å²) in [6.07, 6.45) is 4.99. The number of carbonyl (C=O) groups is 5. The number of allylic oxidation sites excluding steroid dienone is 1. The van der Waals surface area contributed by atoms with Gasteiger partial charge in [-0.15, -0.1) is 0 Å². The van der Waals surface area contributed by atoms with Gasteiger partial charge in [-0.3, -0.25) is 19.2 Å². The highest BCUT2D eigenvalue weighted by Gasteiger charge is 2.23. The Kier molecular flexibility index (Phi) is 14.8. The fourth-order valence-electron chi connectivity index (χ4n) is 2.73. The number of nitrogens with zero attached hydrogens (tertiary/aromatic N) is 1. The third-order valence-corrected chi connectivity index (χ3v) is 4.92. The van der Waals surface area contributed by atoms with E-state index in [1.165, 1.54) is 26.3 Å². The molecule has 0 aliphatic rings. The zero-order chi connectivity index (χ0) is 25.4. The second-order valence-corrected chi connectivity index (χ2v) is 7.44. The van der Waals surface area contributed by atoms with E-state index in [4.69, 9.17) is 5.73 Å². The molecule has 4 amide bonds. The minimum Gasteiger partial charge on any atom is -0.466 e. The fraction of sp³-hybridized carbons (Fsp3) is 0.591. The summed E-state index contributed by atoms with van der Waals surface area (Å²) in [7, 11) is 2.66. The third-order valence-electron chi connectivity index (χ3n) is 4.92. The Morgan fingerprint density at radius 2 is 1.76 bits per heavy atom. The normalized spacial score (nSPS) is 11.6. The lowest BCUT2D eigenvalue weighted by molar-refractivity contribution is -0.135. The quantitative estimate of drug-likeness (QED) is 0.188. The Balaban J connectivity index is 4.88. The van der Waals surface area contributed by atoms with Gasteiger partial charge in [-0.1, -0.05) is 39.3 Å². The molecule has 0 saturated carbocycles. The third kappa shape index (κ3) is 12.4. The number of esters is 1. The molecular formula is C22H37N5O6. The first kappa shape index (κ1) is 29.8. The van der Waals surface area contributed by atoms with Crippen molar-refractivity contribution in [2.45, 2.75) is 45.6 Å². The molecule has 0 radical (unpaired) electrons. The zero-order valence-corrected chi connectivity index (χ0v) is 19.9. The van der Waals surface area contributed by atoms with Gasteiger partial charge in [0.25, 0.3) is 5.91 Å². The molecular weight excluding hydrogens is 430 g/mol. The lowest BCUT2D eigenvalue weighted by Crippen LogP contribution is -2.50. The molecule has 1 atom stereocenters. The molecule has 1 unspecified atom stereocenters. The van der Waals surface area contributed by atoms with Gasteiger partial charge in [-0.2, -0.15) is 0 Å². The number of carbonyl (C=O) groups excluding carboxylic acids is 5. The number of methoxy groups -OCH3 is 1. The first-order chi connectivity index (χ1) is 15.6. The first-order valence-electron chi connectivity index (χ1n) is 10.8. The lowest BCUT2D eigenvalue weighted by atomic mass is 10.0. The number of hydrogen-bond acceptors (Lipinski definition) is 7. The number of amides is 4. The van der Waals surface area contributed by atoms with Crippen LogP contribution in [-0.2, 0) is 28.7 Å². The van der Waals surface area contributed by atoms with Crippen LogP contribution in [0.3, 0.4) is 0 Å². The van der Waals surface area contributed by atoms with Gasteiger partial charge in [0.2, 0.25) is 17.7 Å². The van der Waals surface area contributed by atoms with E-state index in [2.05, 4.69) is 27.3 Å². The maximum Gasteiger partial charge on any atom is 0.330 e. The summed E-state index contributed by atoms with van der Waals surface area (Å²) in [4.78, 5) is 61.1. The molecule has 0 saturated heterocycles. The zero-order valence-electron chi connectivity index (χ0n) is 19.9. The Labute approximate surface area is 195 Å². The summed E-state index contributed by atoms with van der Waals surface area (Å²) in [5, 5.41) is 7.61. The summed E-state index contributed by atoms with van der Waals surface area (Å²) < 4.78 is 4.48. The summed E-state index contributed by atoms with van der Waals surface area (Å²) in [6.45, 7) is 7.66. The van der Waals surface area contributed by atoms with Gasteiger partial charge in [0.15, 0.2) is 0 Å². The topological polar surface area (TPSA) is 160 Å². The second-order valence-electron chi connectivity index (χ2n) is 7.44. The van der Waals surface area contributed by atoms with Crippen LogP contribution in [0.4, 0.5) is 0 Å². The van der Waals surface area contributed by atoms with Gasteiger partial charge < -0.3 is 31.3 Å². The number of nitrogens with one attached hydrogen (secondary N) is 3. The Hall–Kier alpha value is -3.21. The van der Waals surface area contributed by atoms with Crippen LogP contribution in [0.15, 0.2) is 24.4 Å². The van der Waals surface area contributed by atoms with Crippen LogP contribution in [-0.4, -0.2) is 74.3 Å². The number of ether oxygens (including phenoxy) is 1. The van der Waals surface area contributed by atoms with Crippen molar-refractivity contribution in [2.24, 2.45) is 11.7 Å². The molecule has 0 aromatic carbocycles. The van der Waals surface area contributed by atoms with Crippen molar-refractivity contribution in [3.05, 3.63) is 24.4 Å². The predicted molar refractivity (Wildman–Crippen MR) is 123 cm³/mol. The van der Waals surface area contributed by atoms with Crippen molar-refractivity contribution in [1.29, 1.82) is 0 Å². The first-order valence-corrected chi connectivity index (χ1v) is 10.8. The van der Waals surface area contributed by atoms with Crippen molar-refractivity contribution < 1.29 is 28.7 Å². The van der Waals surface area contributed by atoms with E-state index in [1.54, 1.807) is 0 Å². The van der Waals surface area contributed by atoms with Crippen LogP contribution < -0.4 is 21.7 Å². The molecule has 0 rings (SSSR count). The van der Waals surface area contributed by atoms with E-state index in [-0.39, 0.29) is 37.5 Å². The average molecular weight is 468 g/mol. The van der Waals surface area contributed by atoms with Crippen molar-refractivity contribution in [1.82, 2.24) is 20.9 Å². The SMILES string of the molecule is C=C(NC(=O)C(CCC=CC(=O)OC)NC(=O)CN)C(=O)N(C)CC(=O)NCC(CC)CC. The van der Waals surface area contributed by atoms with Gasteiger partial charge in [0.1, 0.15) is 6.04 Å². The molecule has 0 aliphatic carbocycles. The molecule has 11 nitrogen and oxygen atoms in total. The highest BCUT2D eigenvalue weighted by atomic mass is 16.5. The molecule has 11 heteroatoms. The fourth-order valence-corrected chi connectivity index (χ4v) is 2.73. The number of nitrogens with two attached hydrogens (primary N) is 1. The van der Waals surface area contributed by atoms with Crippen LogP contribution in [0, 0.1) is 5.92 Å². The van der Waals surface area contributed by atoms with E-state index in [1.807, 2.05) is 13.8 Å². The van der Waals surface area contributed by atoms with Crippen molar-refractivity contribution in [3.8, 4) is 0 Å². The smallest absolute Gasteiger partial charge is 0.330 e. The highest BCUT2D eigenvalue weighted by molar-refractivity contribution is 6.00. The number of rotatable bonds is 15. The molecule has 5 N–H and O–H groups in total. The minimum absolute atomic E-state index is 0.140. The maximum atomic E-state index is 12.6. The lowest BCUT2D eigenvalue weighted by Gasteiger charge is -2.21. The van der Waals surface area contributed by atoms with Crippen LogP contribution in [0.1, 0.15) is 39.5 Å². The van der Waals surface area contributed by atoms with Gasteiger partial charge in [-0.05, 0) is 18.8 Å². The molecule has 0 aromatic rings. The van der Waals surface area contributed by atoms with Gasteiger partial charge >= 0.3 is 5.97 Å². The molecule has 0 fully saturated rings. The highest BCUT2D eigenvalue weighted by Crippen LogP contribution is 2.05. The van der Waals surface area contributed by atoms with E-state index in [0.29, 0.717) is 12.5 Å². The molecule has 33 heavy (non-hydrogen) atoms. The standard InChI is InChI=1S/C22H37N5O6/c1-6-16(7-2)13-24-19(29)14-27(4)22(32)15(3)25-21(31)17(26-18(28)12-23)10-8-9-11-20(30)33-5/h9,11,16-17H,3,6-8,10,12-14,23H2,1-2,4-5H3,(H,24,29)(H,25,31)(H,26,28). The molecule has 0 aliphatic heterocycles. The summed E-state index contributed by atoms with van der Waals surface area (Å²) in [6, 6.07) is -1.01. The molecule has 0 aromatic heterocycles. The molecule has 186 valence electrons. The number of likely N-dealkylation sites (N-methyl/N-ethyl adjacent to an activating group) is 1. The Bertz CT molecular complexity index is 733. The van der Waals surface area contributed by atoms with Crippen LogP contribution in [0.2, 0.25) is 0 Å². The number of hydrogen-bond donors (Lipinski definition) is 4. The Morgan fingerprint density at radius 1 is 1.12 bits per heavy atom. The van der Waals surface area contributed by atoms with E-state index in [9.17, 15) is 24.0 Å². The van der Waals surface area contributed by atoms with Crippen LogP contribution in [0.5, 0.6) is 0 Å². The average Bonchev–Trinajstić information content (AvgIpc) is 2.80. The van der Waals surface area contributed by atoms with E-state index >= 15 is 0 Å². The van der Waals surface area contributed by atoms with Gasteiger partial charge in [-0.25, -0.2) is 4.79 Å². The van der Waals surface area contributed by atoms with Crippen molar-refractivity contribution in [2.75, 3.05) is 33.8 Å². The minimum atomic E-state index is -1.01. The summed E-state index contributed by atoms with van der Waals surface area (Å²) >= 11 is 0. The second kappa shape index (κ2) is 16.4. The predicted octanol–water partition coefficient (Wildman–Crippen LogP) is -0.420. The van der Waals surface area contributed by atoms with Crippen LogP contribution >= 0.6 is 0 Å².